The smallest absolute Gasteiger partial charge is 0.128 e. The van der Waals surface area contributed by atoms with Gasteiger partial charge in [-0.15, -0.1) is 0 Å². The molecule has 1 heterocycles. The van der Waals surface area contributed by atoms with Crippen LogP contribution in [0.25, 0.3) is 0 Å². The van der Waals surface area contributed by atoms with Crippen molar-refractivity contribution in [3.8, 4) is 0 Å². The Morgan fingerprint density at radius 1 is 1.33 bits per heavy atom. The summed E-state index contributed by atoms with van der Waals surface area (Å²) in [6.45, 7) is 7.78. The van der Waals surface area contributed by atoms with E-state index in [0.717, 1.165) is 23.1 Å². The molecule has 0 bridgehead atoms. The zero-order valence-corrected chi connectivity index (χ0v) is 13.4. The molecule has 0 amide bonds. The fraction of sp³-hybridized carbons (Fsp3) is 0.667. The number of alkyl halides is 1. The van der Waals surface area contributed by atoms with E-state index >= 15 is 0 Å². The highest BCUT2D eigenvalue weighted by Gasteiger charge is 2.27. The number of anilines is 1. The molecule has 1 aliphatic rings. The minimum atomic E-state index is 0.182. The third kappa shape index (κ3) is 3.25. The zero-order valence-electron chi connectivity index (χ0n) is 11.8. The van der Waals surface area contributed by atoms with E-state index < -0.39 is 0 Å². The Kier molecular flexibility index (Phi) is 4.00. The first kappa shape index (κ1) is 13.9. The van der Waals surface area contributed by atoms with Gasteiger partial charge in [0, 0.05) is 24.6 Å². The van der Waals surface area contributed by atoms with Gasteiger partial charge >= 0.3 is 0 Å². The van der Waals surface area contributed by atoms with Gasteiger partial charge in [-0.3, -0.25) is 0 Å². The van der Waals surface area contributed by atoms with Crippen LogP contribution in [0.2, 0.25) is 0 Å². The Balaban J connectivity index is 1.96. The van der Waals surface area contributed by atoms with E-state index in [4.69, 9.17) is 0 Å². The SMILES string of the molecule is CN(CC1CC(Br)C1)c1ccc(C(C)(C)C)cn1. The summed E-state index contributed by atoms with van der Waals surface area (Å²) in [6, 6.07) is 4.35. The maximum Gasteiger partial charge on any atom is 0.128 e. The molecule has 0 saturated heterocycles. The predicted molar refractivity (Wildman–Crippen MR) is 81.6 cm³/mol. The van der Waals surface area contributed by atoms with Crippen molar-refractivity contribution in [2.45, 2.75) is 43.9 Å². The molecule has 18 heavy (non-hydrogen) atoms. The highest BCUT2D eigenvalue weighted by Crippen LogP contribution is 2.34. The topological polar surface area (TPSA) is 16.1 Å². The molecule has 100 valence electrons. The summed E-state index contributed by atoms with van der Waals surface area (Å²) < 4.78 is 0. The third-order valence-electron chi connectivity index (χ3n) is 3.72. The molecule has 1 saturated carbocycles. The normalized spacial score (nSPS) is 23.6. The number of rotatable bonds is 3. The van der Waals surface area contributed by atoms with E-state index in [2.05, 4.69) is 65.8 Å². The molecule has 3 heteroatoms. The van der Waals surface area contributed by atoms with E-state index in [-0.39, 0.29) is 5.41 Å². The molecule has 2 nitrogen and oxygen atoms in total. The lowest BCUT2D eigenvalue weighted by molar-refractivity contribution is 0.338. The molecule has 1 aromatic rings. The Hall–Kier alpha value is -0.570. The van der Waals surface area contributed by atoms with Crippen LogP contribution in [0.5, 0.6) is 0 Å². The van der Waals surface area contributed by atoms with Gasteiger partial charge in [-0.1, -0.05) is 42.8 Å². The number of hydrogen-bond donors (Lipinski definition) is 0. The lowest BCUT2D eigenvalue weighted by atomic mass is 9.85. The van der Waals surface area contributed by atoms with Crippen molar-refractivity contribution >= 4 is 21.7 Å². The summed E-state index contributed by atoms with van der Waals surface area (Å²) in [4.78, 5) is 7.61. The molecule has 0 atom stereocenters. The van der Waals surface area contributed by atoms with Crippen LogP contribution < -0.4 is 4.90 Å². The zero-order chi connectivity index (χ0) is 13.3. The van der Waals surface area contributed by atoms with E-state index in [1.807, 2.05) is 6.20 Å². The van der Waals surface area contributed by atoms with Gasteiger partial charge in [0.2, 0.25) is 0 Å². The lowest BCUT2D eigenvalue weighted by Crippen LogP contribution is -2.35. The number of halogens is 1. The maximum absolute atomic E-state index is 4.59. The molecule has 0 aliphatic heterocycles. The average molecular weight is 311 g/mol. The first-order chi connectivity index (χ1) is 8.36. The van der Waals surface area contributed by atoms with Crippen LogP contribution in [0.1, 0.15) is 39.2 Å². The summed E-state index contributed by atoms with van der Waals surface area (Å²) in [6.07, 6.45) is 4.61. The number of pyridine rings is 1. The molecule has 0 spiro atoms. The fourth-order valence-corrected chi connectivity index (χ4v) is 3.40. The van der Waals surface area contributed by atoms with Gasteiger partial charge in [-0.05, 0) is 35.8 Å². The van der Waals surface area contributed by atoms with Crippen molar-refractivity contribution in [1.82, 2.24) is 4.98 Å². The summed E-state index contributed by atoms with van der Waals surface area (Å²) in [5, 5.41) is 0. The van der Waals surface area contributed by atoms with Crippen LogP contribution in [-0.2, 0) is 5.41 Å². The van der Waals surface area contributed by atoms with E-state index in [1.54, 1.807) is 0 Å². The Morgan fingerprint density at radius 2 is 2.00 bits per heavy atom. The van der Waals surface area contributed by atoms with Crippen LogP contribution in [0.3, 0.4) is 0 Å². The molecule has 1 fully saturated rings. The van der Waals surface area contributed by atoms with Crippen molar-refractivity contribution in [2.75, 3.05) is 18.5 Å². The van der Waals surface area contributed by atoms with Crippen LogP contribution in [0.4, 0.5) is 5.82 Å². The van der Waals surface area contributed by atoms with E-state index in [9.17, 15) is 0 Å². The molecule has 1 aromatic heterocycles. The molecule has 1 aliphatic carbocycles. The van der Waals surface area contributed by atoms with Crippen LogP contribution in [0, 0.1) is 5.92 Å². The van der Waals surface area contributed by atoms with E-state index in [1.165, 1.54) is 18.4 Å². The molecular weight excluding hydrogens is 288 g/mol. The van der Waals surface area contributed by atoms with Crippen molar-refractivity contribution < 1.29 is 0 Å². The van der Waals surface area contributed by atoms with Gasteiger partial charge in [0.05, 0.1) is 0 Å². The van der Waals surface area contributed by atoms with Crippen LogP contribution in [-0.4, -0.2) is 23.4 Å². The maximum atomic E-state index is 4.59. The van der Waals surface area contributed by atoms with Crippen LogP contribution in [0.15, 0.2) is 18.3 Å². The monoisotopic (exact) mass is 310 g/mol. The van der Waals surface area contributed by atoms with Gasteiger partial charge in [0.25, 0.3) is 0 Å². The van der Waals surface area contributed by atoms with Crippen LogP contribution >= 0.6 is 15.9 Å². The molecule has 0 aromatic carbocycles. The van der Waals surface area contributed by atoms with Gasteiger partial charge < -0.3 is 4.90 Å². The Morgan fingerprint density at radius 3 is 2.44 bits per heavy atom. The van der Waals surface area contributed by atoms with Crippen molar-refractivity contribution in [1.29, 1.82) is 0 Å². The first-order valence-corrected chi connectivity index (χ1v) is 7.59. The fourth-order valence-electron chi connectivity index (χ4n) is 2.34. The average Bonchev–Trinajstić information content (AvgIpc) is 2.26. The Labute approximate surface area is 119 Å². The second-order valence-corrected chi connectivity index (χ2v) is 7.77. The molecule has 0 radical (unpaired) electrons. The molecule has 0 N–H and O–H groups in total. The Bertz CT molecular complexity index is 388. The highest BCUT2D eigenvalue weighted by atomic mass is 79.9. The second kappa shape index (κ2) is 5.20. The predicted octanol–water partition coefficient (Wildman–Crippen LogP) is 3.99. The number of nitrogens with zero attached hydrogens (tertiary/aromatic N) is 2. The summed E-state index contributed by atoms with van der Waals surface area (Å²) in [7, 11) is 2.14. The van der Waals surface area contributed by atoms with Gasteiger partial charge in [0.1, 0.15) is 5.82 Å². The van der Waals surface area contributed by atoms with Crippen molar-refractivity contribution in [3.05, 3.63) is 23.9 Å². The van der Waals surface area contributed by atoms with Crippen molar-refractivity contribution in [2.24, 2.45) is 5.92 Å². The molecule has 0 unspecified atom stereocenters. The molecular formula is C15H23BrN2. The highest BCUT2D eigenvalue weighted by molar-refractivity contribution is 9.09. The quantitative estimate of drug-likeness (QED) is 0.785. The molecule has 2 rings (SSSR count). The summed E-state index contributed by atoms with van der Waals surface area (Å²) >= 11 is 3.64. The lowest BCUT2D eigenvalue weighted by Gasteiger charge is -2.34. The minimum Gasteiger partial charge on any atom is -0.359 e. The standard InChI is InChI=1S/C15H23BrN2/c1-15(2,3)12-5-6-14(17-9-12)18(4)10-11-7-13(16)8-11/h5-6,9,11,13H,7-8,10H2,1-4H3. The van der Waals surface area contributed by atoms with Gasteiger partial charge in [-0.2, -0.15) is 0 Å². The van der Waals surface area contributed by atoms with E-state index in [0.29, 0.717) is 0 Å². The number of aromatic nitrogens is 1. The first-order valence-electron chi connectivity index (χ1n) is 6.68. The number of hydrogen-bond acceptors (Lipinski definition) is 2. The minimum absolute atomic E-state index is 0.182. The van der Waals surface area contributed by atoms with Crippen molar-refractivity contribution in [3.63, 3.8) is 0 Å². The van der Waals surface area contributed by atoms with Gasteiger partial charge in [-0.25, -0.2) is 4.98 Å². The summed E-state index contributed by atoms with van der Waals surface area (Å²) in [5.74, 6) is 1.91. The largest absolute Gasteiger partial charge is 0.359 e. The van der Waals surface area contributed by atoms with Gasteiger partial charge in [0.15, 0.2) is 0 Å². The summed E-state index contributed by atoms with van der Waals surface area (Å²) in [5.41, 5.74) is 1.48. The second-order valence-electron chi connectivity index (χ2n) is 6.47. The third-order valence-corrected chi connectivity index (χ3v) is 4.46.